The Kier molecular flexibility index (Phi) is 4.25. The van der Waals surface area contributed by atoms with Gasteiger partial charge in [0.2, 0.25) is 10.0 Å². The van der Waals surface area contributed by atoms with Gasteiger partial charge in [0.25, 0.3) is 0 Å². The molecule has 0 amide bonds. The maximum atomic E-state index is 12.4. The molecule has 4 nitrogen and oxygen atoms in total. The van der Waals surface area contributed by atoms with Gasteiger partial charge < -0.3 is 5.73 Å². The molecule has 1 aliphatic heterocycles. The van der Waals surface area contributed by atoms with Crippen LogP contribution in [0, 0.1) is 17.8 Å². The van der Waals surface area contributed by atoms with Crippen LogP contribution >= 0.6 is 0 Å². The molecule has 2 rings (SSSR count). The summed E-state index contributed by atoms with van der Waals surface area (Å²) in [5.41, 5.74) is 6.07. The number of sulfonamides is 1. The van der Waals surface area contributed by atoms with Crippen molar-refractivity contribution in [2.75, 3.05) is 19.6 Å². The number of nitrogens with two attached hydrogens (primary N) is 1. The highest BCUT2D eigenvalue weighted by molar-refractivity contribution is 7.89. The zero-order valence-electron chi connectivity index (χ0n) is 11.0. The van der Waals surface area contributed by atoms with Crippen molar-refractivity contribution < 1.29 is 8.42 Å². The van der Waals surface area contributed by atoms with E-state index in [-0.39, 0.29) is 0 Å². The van der Waals surface area contributed by atoms with Crippen molar-refractivity contribution in [3.8, 4) is 11.8 Å². The molecule has 1 saturated heterocycles. The van der Waals surface area contributed by atoms with E-state index in [9.17, 15) is 8.42 Å². The summed E-state index contributed by atoms with van der Waals surface area (Å²) >= 11 is 0. The van der Waals surface area contributed by atoms with Crippen LogP contribution < -0.4 is 5.73 Å². The second-order valence-corrected chi connectivity index (χ2v) is 6.73. The third kappa shape index (κ3) is 3.16. The standard InChI is InChI=1S/C14H18N2O2S/c1-12-8-10-16(11-12)19(17,18)14-6-4-13(5-7-14)3-2-9-15/h4-7,12H,8-11,15H2,1H3. The first kappa shape index (κ1) is 14.1. The number of hydrogen-bond acceptors (Lipinski definition) is 3. The molecule has 0 aromatic heterocycles. The van der Waals surface area contributed by atoms with Gasteiger partial charge in [0.15, 0.2) is 0 Å². The Bertz CT molecular complexity index is 597. The molecular formula is C14H18N2O2S. The zero-order valence-corrected chi connectivity index (χ0v) is 11.8. The van der Waals surface area contributed by atoms with E-state index >= 15 is 0 Å². The van der Waals surface area contributed by atoms with Crippen molar-refractivity contribution in [1.82, 2.24) is 4.31 Å². The van der Waals surface area contributed by atoms with Gasteiger partial charge in [-0.2, -0.15) is 4.31 Å². The molecule has 1 heterocycles. The molecule has 0 radical (unpaired) electrons. The largest absolute Gasteiger partial charge is 0.320 e. The molecule has 2 N–H and O–H groups in total. The smallest absolute Gasteiger partial charge is 0.243 e. The average Bonchev–Trinajstić information content (AvgIpc) is 2.84. The highest BCUT2D eigenvalue weighted by Crippen LogP contribution is 2.23. The predicted octanol–water partition coefficient (Wildman–Crippen LogP) is 1.03. The minimum Gasteiger partial charge on any atom is -0.320 e. The average molecular weight is 278 g/mol. The summed E-state index contributed by atoms with van der Waals surface area (Å²) in [6.45, 7) is 3.59. The molecule has 0 saturated carbocycles. The van der Waals surface area contributed by atoms with Crippen molar-refractivity contribution in [1.29, 1.82) is 0 Å². The van der Waals surface area contributed by atoms with Crippen LogP contribution in [0.15, 0.2) is 29.2 Å². The lowest BCUT2D eigenvalue weighted by molar-refractivity contribution is 0.464. The van der Waals surface area contributed by atoms with E-state index in [0.29, 0.717) is 30.4 Å². The fraction of sp³-hybridized carbons (Fsp3) is 0.429. The summed E-state index contributed by atoms with van der Waals surface area (Å²) in [7, 11) is -3.35. The first-order valence-electron chi connectivity index (χ1n) is 6.33. The summed E-state index contributed by atoms with van der Waals surface area (Å²) in [4.78, 5) is 0.333. The Morgan fingerprint density at radius 3 is 2.58 bits per heavy atom. The molecule has 0 aliphatic carbocycles. The number of benzene rings is 1. The Hall–Kier alpha value is -1.35. The second-order valence-electron chi connectivity index (χ2n) is 4.79. The molecule has 19 heavy (non-hydrogen) atoms. The van der Waals surface area contributed by atoms with Crippen molar-refractivity contribution in [2.45, 2.75) is 18.2 Å². The van der Waals surface area contributed by atoms with Gasteiger partial charge in [-0.3, -0.25) is 0 Å². The van der Waals surface area contributed by atoms with Gasteiger partial charge in [-0.1, -0.05) is 18.8 Å². The molecule has 0 bridgehead atoms. The van der Waals surface area contributed by atoms with Gasteiger partial charge >= 0.3 is 0 Å². The zero-order chi connectivity index (χ0) is 13.9. The maximum Gasteiger partial charge on any atom is 0.243 e. The van der Waals surface area contributed by atoms with Gasteiger partial charge in [-0.15, -0.1) is 0 Å². The van der Waals surface area contributed by atoms with Crippen LogP contribution in [0.4, 0.5) is 0 Å². The van der Waals surface area contributed by atoms with Gasteiger partial charge in [-0.25, -0.2) is 8.42 Å². The Morgan fingerprint density at radius 2 is 2.05 bits per heavy atom. The lowest BCUT2D eigenvalue weighted by atomic mass is 10.2. The lowest BCUT2D eigenvalue weighted by Crippen LogP contribution is -2.28. The third-order valence-corrected chi connectivity index (χ3v) is 5.09. The highest BCUT2D eigenvalue weighted by atomic mass is 32.2. The van der Waals surface area contributed by atoms with Crippen molar-refractivity contribution in [2.24, 2.45) is 11.7 Å². The monoisotopic (exact) mass is 278 g/mol. The van der Waals surface area contributed by atoms with Crippen LogP contribution in [0.5, 0.6) is 0 Å². The quantitative estimate of drug-likeness (QED) is 0.822. The topological polar surface area (TPSA) is 63.4 Å². The summed E-state index contributed by atoms with van der Waals surface area (Å²) < 4.78 is 26.3. The summed E-state index contributed by atoms with van der Waals surface area (Å²) in [5, 5.41) is 0. The van der Waals surface area contributed by atoms with Crippen molar-refractivity contribution in [3.63, 3.8) is 0 Å². The van der Waals surface area contributed by atoms with Crippen LogP contribution in [0.3, 0.4) is 0 Å². The van der Waals surface area contributed by atoms with Crippen LogP contribution in [0.2, 0.25) is 0 Å². The van der Waals surface area contributed by atoms with E-state index in [1.807, 2.05) is 0 Å². The van der Waals surface area contributed by atoms with Crippen LogP contribution in [0.1, 0.15) is 18.9 Å². The first-order valence-corrected chi connectivity index (χ1v) is 7.77. The molecule has 1 unspecified atom stereocenters. The minimum absolute atomic E-state index is 0.297. The Morgan fingerprint density at radius 1 is 1.37 bits per heavy atom. The predicted molar refractivity (Wildman–Crippen MR) is 74.9 cm³/mol. The Balaban J connectivity index is 2.22. The van der Waals surface area contributed by atoms with Crippen molar-refractivity contribution in [3.05, 3.63) is 29.8 Å². The van der Waals surface area contributed by atoms with Crippen molar-refractivity contribution >= 4 is 10.0 Å². The molecular weight excluding hydrogens is 260 g/mol. The Labute approximate surface area is 114 Å². The van der Waals surface area contributed by atoms with E-state index in [1.165, 1.54) is 0 Å². The van der Waals surface area contributed by atoms with Crippen LogP contribution in [-0.2, 0) is 10.0 Å². The number of nitrogens with zero attached hydrogens (tertiary/aromatic N) is 1. The number of hydrogen-bond donors (Lipinski definition) is 1. The first-order chi connectivity index (χ1) is 9.04. The van der Waals surface area contributed by atoms with E-state index < -0.39 is 10.0 Å². The molecule has 1 aromatic rings. The van der Waals surface area contributed by atoms with E-state index in [0.717, 1.165) is 12.0 Å². The molecule has 5 heteroatoms. The fourth-order valence-electron chi connectivity index (χ4n) is 2.13. The van der Waals surface area contributed by atoms with E-state index in [4.69, 9.17) is 5.73 Å². The molecule has 1 aliphatic rings. The fourth-order valence-corrected chi connectivity index (χ4v) is 3.70. The minimum atomic E-state index is -3.35. The van der Waals surface area contributed by atoms with E-state index in [1.54, 1.807) is 28.6 Å². The van der Waals surface area contributed by atoms with Gasteiger partial charge in [0.1, 0.15) is 0 Å². The SMILES string of the molecule is CC1CCN(S(=O)(=O)c2ccc(C#CCN)cc2)C1. The summed E-state index contributed by atoms with van der Waals surface area (Å²) in [6, 6.07) is 6.65. The summed E-state index contributed by atoms with van der Waals surface area (Å²) in [6.07, 6.45) is 0.930. The molecule has 1 fully saturated rings. The lowest BCUT2D eigenvalue weighted by Gasteiger charge is -2.15. The maximum absolute atomic E-state index is 12.4. The van der Waals surface area contributed by atoms with Crippen LogP contribution in [0.25, 0.3) is 0 Å². The highest BCUT2D eigenvalue weighted by Gasteiger charge is 2.30. The second kappa shape index (κ2) is 5.74. The normalized spacial score (nSPS) is 20.0. The molecule has 1 atom stereocenters. The van der Waals surface area contributed by atoms with Crippen LogP contribution in [-0.4, -0.2) is 32.4 Å². The van der Waals surface area contributed by atoms with Gasteiger partial charge in [-0.05, 0) is 36.6 Å². The summed E-state index contributed by atoms with van der Waals surface area (Å²) in [5.74, 6) is 6.05. The van der Waals surface area contributed by atoms with E-state index in [2.05, 4.69) is 18.8 Å². The third-order valence-electron chi connectivity index (χ3n) is 3.21. The molecule has 0 spiro atoms. The van der Waals surface area contributed by atoms with Gasteiger partial charge in [0, 0.05) is 18.7 Å². The van der Waals surface area contributed by atoms with Gasteiger partial charge in [0.05, 0.1) is 11.4 Å². The molecule has 1 aromatic carbocycles. The number of rotatable bonds is 2. The molecule has 102 valence electrons.